The summed E-state index contributed by atoms with van der Waals surface area (Å²) in [5.41, 5.74) is 2.30. The molecule has 1 aliphatic heterocycles. The second kappa shape index (κ2) is 9.13. The number of carbonyl (C=O) groups excluding carboxylic acids is 1. The van der Waals surface area contributed by atoms with Crippen LogP contribution in [-0.4, -0.2) is 24.2 Å². The van der Waals surface area contributed by atoms with Crippen LogP contribution in [0.4, 0.5) is 11.4 Å². The topological polar surface area (TPSA) is 92.5 Å². The fraction of sp³-hybridized carbons (Fsp3) is 0.125. The minimum atomic E-state index is -0.576. The molecule has 31 heavy (non-hydrogen) atoms. The molecule has 156 valence electrons. The third-order valence-corrected chi connectivity index (χ3v) is 4.55. The highest BCUT2D eigenvalue weighted by atomic mass is 16.6. The summed E-state index contributed by atoms with van der Waals surface area (Å²) in [4.78, 5) is 13.0. The van der Waals surface area contributed by atoms with Crippen LogP contribution in [0.3, 0.4) is 0 Å². The Morgan fingerprint density at radius 2 is 1.71 bits per heavy atom. The number of aliphatic hydroxyl groups excluding tert-OH is 1. The van der Waals surface area contributed by atoms with Gasteiger partial charge in [-0.2, -0.15) is 5.11 Å². The fourth-order valence-electron chi connectivity index (χ4n) is 3.05. The summed E-state index contributed by atoms with van der Waals surface area (Å²) in [6.07, 6.45) is 0. The Morgan fingerprint density at radius 3 is 2.48 bits per heavy atom. The van der Waals surface area contributed by atoms with Crippen LogP contribution in [0.1, 0.15) is 11.1 Å². The molecule has 7 heteroatoms. The van der Waals surface area contributed by atoms with Gasteiger partial charge in [0.1, 0.15) is 13.2 Å². The van der Waals surface area contributed by atoms with E-state index in [1.165, 1.54) is 0 Å². The van der Waals surface area contributed by atoms with E-state index >= 15 is 0 Å². The van der Waals surface area contributed by atoms with Crippen molar-refractivity contribution in [2.75, 3.05) is 18.5 Å². The molecule has 2 N–H and O–H groups in total. The molecule has 0 unspecified atom stereocenters. The van der Waals surface area contributed by atoms with Crippen LogP contribution in [0.15, 0.2) is 88.7 Å². The Labute approximate surface area is 179 Å². The molecule has 1 aliphatic rings. The van der Waals surface area contributed by atoms with Gasteiger partial charge in [0.05, 0.1) is 5.69 Å². The Kier molecular flexibility index (Phi) is 5.93. The molecule has 0 saturated heterocycles. The molecule has 3 aromatic rings. The van der Waals surface area contributed by atoms with Crippen LogP contribution < -0.4 is 14.8 Å². The molecule has 0 bridgehead atoms. The van der Waals surface area contributed by atoms with Crippen molar-refractivity contribution < 1.29 is 19.4 Å². The number of azo groups is 1. The minimum absolute atomic E-state index is 0.206. The number of hydrogen-bond acceptors (Lipinski definition) is 6. The Hall–Kier alpha value is -4.13. The molecule has 0 atom stereocenters. The summed E-state index contributed by atoms with van der Waals surface area (Å²) in [6.45, 7) is 2.87. The van der Waals surface area contributed by atoms with Crippen molar-refractivity contribution in [2.24, 2.45) is 10.2 Å². The lowest BCUT2D eigenvalue weighted by molar-refractivity contribution is -0.112. The van der Waals surface area contributed by atoms with Gasteiger partial charge < -0.3 is 19.9 Å². The molecule has 1 heterocycles. The number of aliphatic hydroxyl groups is 1. The molecule has 7 nitrogen and oxygen atoms in total. The van der Waals surface area contributed by atoms with Gasteiger partial charge in [-0.15, -0.1) is 5.11 Å². The summed E-state index contributed by atoms with van der Waals surface area (Å²) < 4.78 is 11.1. The lowest BCUT2D eigenvalue weighted by Crippen LogP contribution is -2.15. The quantitative estimate of drug-likeness (QED) is 0.331. The highest BCUT2D eigenvalue weighted by molar-refractivity contribution is 6.07. The average Bonchev–Trinajstić information content (AvgIpc) is 2.79. The van der Waals surface area contributed by atoms with Gasteiger partial charge >= 0.3 is 0 Å². The number of fused-ring (bicyclic) bond motifs is 1. The van der Waals surface area contributed by atoms with E-state index in [2.05, 4.69) is 15.5 Å². The first kappa shape index (κ1) is 20.2. The summed E-state index contributed by atoms with van der Waals surface area (Å²) in [5, 5.41) is 21.8. The molecule has 0 aliphatic carbocycles. The first-order valence-electron chi connectivity index (χ1n) is 9.78. The molecule has 0 saturated carbocycles. The summed E-state index contributed by atoms with van der Waals surface area (Å²) >= 11 is 0. The van der Waals surface area contributed by atoms with Crippen molar-refractivity contribution in [2.45, 2.75) is 6.92 Å². The second-order valence-corrected chi connectivity index (χ2v) is 6.91. The lowest BCUT2D eigenvalue weighted by Gasteiger charge is -2.17. The predicted molar refractivity (Wildman–Crippen MR) is 118 cm³/mol. The standard InChI is InChI=1S/C24H21N3O4/c1-16-6-5-9-18(14-16)25-24(29)22(23(28)17-7-3-2-4-8-17)27-26-19-10-11-20-21(15-19)31-13-12-30-20/h2-11,14-15,28H,12-13H2,1H3,(H,25,29). The van der Waals surface area contributed by atoms with Crippen molar-refractivity contribution in [1.29, 1.82) is 0 Å². The molecule has 0 spiro atoms. The van der Waals surface area contributed by atoms with Gasteiger partial charge in [0.25, 0.3) is 5.91 Å². The Bertz CT molecular complexity index is 1160. The van der Waals surface area contributed by atoms with Gasteiger partial charge in [0.15, 0.2) is 23.0 Å². The van der Waals surface area contributed by atoms with Crippen molar-refractivity contribution in [1.82, 2.24) is 0 Å². The van der Waals surface area contributed by atoms with E-state index in [0.717, 1.165) is 5.56 Å². The highest BCUT2D eigenvalue weighted by Gasteiger charge is 2.18. The van der Waals surface area contributed by atoms with Gasteiger partial charge in [0, 0.05) is 17.3 Å². The summed E-state index contributed by atoms with van der Waals surface area (Å²) in [5.74, 6) is 0.343. The van der Waals surface area contributed by atoms with E-state index in [0.29, 0.717) is 41.7 Å². The summed E-state index contributed by atoms with van der Waals surface area (Å²) in [7, 11) is 0. The van der Waals surface area contributed by atoms with Crippen LogP contribution in [0.25, 0.3) is 5.76 Å². The number of carbonyl (C=O) groups is 1. The fourth-order valence-corrected chi connectivity index (χ4v) is 3.05. The maximum atomic E-state index is 13.0. The number of nitrogens with zero attached hydrogens (tertiary/aromatic N) is 2. The van der Waals surface area contributed by atoms with Crippen LogP contribution in [0.2, 0.25) is 0 Å². The van der Waals surface area contributed by atoms with Crippen molar-refractivity contribution in [3.63, 3.8) is 0 Å². The van der Waals surface area contributed by atoms with Crippen LogP contribution in [0, 0.1) is 6.92 Å². The SMILES string of the molecule is Cc1cccc(NC(=O)C(N=Nc2ccc3c(c2)OCCO3)=C(O)c2ccccc2)c1. The summed E-state index contributed by atoms with van der Waals surface area (Å²) in [6, 6.07) is 21.2. The molecular formula is C24H21N3O4. The van der Waals surface area contributed by atoms with Crippen molar-refractivity contribution in [3.05, 3.63) is 89.6 Å². The highest BCUT2D eigenvalue weighted by Crippen LogP contribution is 2.34. The predicted octanol–water partition coefficient (Wildman–Crippen LogP) is 5.42. The third kappa shape index (κ3) is 4.90. The maximum absolute atomic E-state index is 13.0. The monoisotopic (exact) mass is 415 g/mol. The van der Waals surface area contributed by atoms with E-state index in [1.807, 2.05) is 31.2 Å². The normalized spacial score (nSPS) is 13.6. The van der Waals surface area contributed by atoms with Gasteiger partial charge in [-0.3, -0.25) is 4.79 Å². The maximum Gasteiger partial charge on any atom is 0.280 e. The van der Waals surface area contributed by atoms with E-state index < -0.39 is 5.91 Å². The van der Waals surface area contributed by atoms with Crippen molar-refractivity contribution in [3.8, 4) is 11.5 Å². The van der Waals surface area contributed by atoms with Gasteiger partial charge in [-0.1, -0.05) is 42.5 Å². The number of nitrogens with one attached hydrogen (secondary N) is 1. The first-order chi connectivity index (χ1) is 15.1. The van der Waals surface area contributed by atoms with Crippen molar-refractivity contribution >= 4 is 23.0 Å². The van der Waals surface area contributed by atoms with E-state index in [-0.39, 0.29) is 11.5 Å². The number of hydrogen-bond donors (Lipinski definition) is 2. The van der Waals surface area contributed by atoms with Gasteiger partial charge in [0.2, 0.25) is 0 Å². The van der Waals surface area contributed by atoms with Gasteiger partial charge in [-0.25, -0.2) is 0 Å². The number of amides is 1. The smallest absolute Gasteiger partial charge is 0.280 e. The largest absolute Gasteiger partial charge is 0.505 e. The Balaban J connectivity index is 1.67. The number of rotatable bonds is 5. The van der Waals surface area contributed by atoms with Gasteiger partial charge in [-0.05, 0) is 36.8 Å². The number of ether oxygens (including phenoxy) is 2. The number of anilines is 1. The first-order valence-corrected chi connectivity index (χ1v) is 9.78. The minimum Gasteiger partial charge on any atom is -0.505 e. The molecule has 3 aromatic carbocycles. The zero-order chi connectivity index (χ0) is 21.6. The number of benzene rings is 3. The molecule has 0 fully saturated rings. The molecule has 1 amide bonds. The molecule has 4 rings (SSSR count). The average molecular weight is 415 g/mol. The Morgan fingerprint density at radius 1 is 0.935 bits per heavy atom. The molecule has 0 radical (unpaired) electrons. The second-order valence-electron chi connectivity index (χ2n) is 6.91. The molecule has 0 aromatic heterocycles. The zero-order valence-electron chi connectivity index (χ0n) is 16.9. The zero-order valence-corrected chi connectivity index (χ0v) is 16.9. The van der Waals surface area contributed by atoms with E-state index in [4.69, 9.17) is 9.47 Å². The molecular weight excluding hydrogens is 394 g/mol. The number of aryl methyl sites for hydroxylation is 1. The van der Waals surface area contributed by atoms with Crippen LogP contribution >= 0.6 is 0 Å². The van der Waals surface area contributed by atoms with E-state index in [1.54, 1.807) is 48.5 Å². The van der Waals surface area contributed by atoms with E-state index in [9.17, 15) is 9.90 Å². The van der Waals surface area contributed by atoms with Crippen LogP contribution in [0.5, 0.6) is 11.5 Å². The van der Waals surface area contributed by atoms with Crippen LogP contribution in [-0.2, 0) is 4.79 Å². The third-order valence-electron chi connectivity index (χ3n) is 4.55. The lowest BCUT2D eigenvalue weighted by atomic mass is 10.1.